The predicted molar refractivity (Wildman–Crippen MR) is 184 cm³/mol. The van der Waals surface area contributed by atoms with Crippen molar-refractivity contribution in [2.75, 3.05) is 13.7 Å². The first-order valence-electron chi connectivity index (χ1n) is 15.3. The minimum atomic E-state index is -0.400. The predicted octanol–water partition coefficient (Wildman–Crippen LogP) is 6.65. The molecule has 0 bridgehead atoms. The number of hydrogen-bond donors (Lipinski definition) is 7. The summed E-state index contributed by atoms with van der Waals surface area (Å²) in [4.78, 5) is 43.9. The average molecular weight is 657 g/mol. The summed E-state index contributed by atoms with van der Waals surface area (Å²) in [5, 5.41) is 33.5. The van der Waals surface area contributed by atoms with E-state index < -0.39 is 5.97 Å². The Hall–Kier alpha value is -5.91. The summed E-state index contributed by atoms with van der Waals surface area (Å²) >= 11 is 0. The molecule has 7 N–H and O–H groups in total. The number of nitrogens with one attached hydrogen (secondary N) is 4. The number of fused-ring (bicyclic) bond motifs is 3. The van der Waals surface area contributed by atoms with Gasteiger partial charge in [0.2, 0.25) is 0 Å². The van der Waals surface area contributed by atoms with Crippen LogP contribution in [0, 0.1) is 20.8 Å². The number of carbonyl (C=O) groups is 3. The van der Waals surface area contributed by atoms with Gasteiger partial charge in [0.05, 0.1) is 13.7 Å². The van der Waals surface area contributed by atoms with Gasteiger partial charge in [0.25, 0.3) is 5.91 Å². The molecular weight excluding hydrogens is 616 g/mol. The van der Waals surface area contributed by atoms with Gasteiger partial charge in [0, 0.05) is 38.8 Å². The Morgan fingerprint density at radius 2 is 1.04 bits per heavy atom. The molecule has 0 aliphatic carbocycles. The fourth-order valence-corrected chi connectivity index (χ4v) is 5.22. The number of esters is 2. The monoisotopic (exact) mass is 656 g/mol. The lowest BCUT2D eigenvalue weighted by Gasteiger charge is -2.07. The van der Waals surface area contributed by atoms with Crippen LogP contribution in [-0.2, 0) is 9.47 Å². The van der Waals surface area contributed by atoms with Crippen molar-refractivity contribution in [2.45, 2.75) is 47.6 Å². The van der Waals surface area contributed by atoms with Crippen molar-refractivity contribution in [3.8, 4) is 17.2 Å². The number of hydrogen-bond acceptors (Lipinski definition) is 8. The second-order valence-electron chi connectivity index (χ2n) is 11.4. The number of carbonyl (C=O) groups excluding carboxylic acids is 3. The van der Waals surface area contributed by atoms with Crippen LogP contribution in [0.4, 0.5) is 0 Å². The Kier molecular flexibility index (Phi) is 10.7. The second kappa shape index (κ2) is 14.7. The van der Waals surface area contributed by atoms with Gasteiger partial charge < -0.3 is 45.1 Å². The Bertz CT molecular complexity index is 2120. The lowest BCUT2D eigenvalue weighted by molar-refractivity contribution is 0.0518. The van der Waals surface area contributed by atoms with Gasteiger partial charge in [-0.05, 0) is 113 Å². The summed E-state index contributed by atoms with van der Waals surface area (Å²) in [6.45, 7) is 11.5. The van der Waals surface area contributed by atoms with Crippen LogP contribution < -0.4 is 5.32 Å². The number of aromatic hydroxyl groups is 3. The molecule has 0 radical (unpaired) electrons. The van der Waals surface area contributed by atoms with Crippen molar-refractivity contribution in [2.24, 2.45) is 0 Å². The van der Waals surface area contributed by atoms with E-state index in [2.05, 4.69) is 25.0 Å². The number of aromatic nitrogens is 3. The first-order chi connectivity index (χ1) is 22.7. The van der Waals surface area contributed by atoms with E-state index in [4.69, 9.17) is 4.74 Å². The van der Waals surface area contributed by atoms with Gasteiger partial charge in [0.15, 0.2) is 0 Å². The normalized spacial score (nSPS) is 10.8. The number of H-pyrrole nitrogens is 3. The molecule has 0 spiro atoms. The number of aromatic amines is 3. The van der Waals surface area contributed by atoms with Crippen molar-refractivity contribution in [1.29, 1.82) is 0 Å². The summed E-state index contributed by atoms with van der Waals surface area (Å²) in [5.41, 5.74) is 6.35. The lowest BCUT2D eigenvalue weighted by atomic mass is 10.1. The Morgan fingerprint density at radius 1 is 0.667 bits per heavy atom. The van der Waals surface area contributed by atoms with Crippen molar-refractivity contribution in [1.82, 2.24) is 20.3 Å². The number of phenolic OH excluding ortho intramolecular Hbond substituents is 3. The fourth-order valence-electron chi connectivity index (χ4n) is 5.22. The summed E-state index contributed by atoms with van der Waals surface area (Å²) < 4.78 is 9.58. The number of phenols is 3. The van der Waals surface area contributed by atoms with Gasteiger partial charge in [-0.25, -0.2) is 9.59 Å². The number of ether oxygens (including phenoxy) is 2. The maximum Gasteiger partial charge on any atom is 0.355 e. The lowest BCUT2D eigenvalue weighted by Crippen LogP contribution is -2.30. The van der Waals surface area contributed by atoms with Gasteiger partial charge in [-0.3, -0.25) is 4.79 Å². The number of methoxy groups -OCH3 is 1. The third kappa shape index (κ3) is 7.55. The zero-order valence-corrected chi connectivity index (χ0v) is 27.9. The van der Waals surface area contributed by atoms with E-state index in [9.17, 15) is 29.7 Å². The minimum Gasteiger partial charge on any atom is -0.508 e. The fraction of sp³-hybridized carbons (Fsp3) is 0.250. The van der Waals surface area contributed by atoms with E-state index in [-0.39, 0.29) is 35.2 Å². The maximum absolute atomic E-state index is 11.9. The molecule has 0 saturated heterocycles. The van der Waals surface area contributed by atoms with E-state index in [1.165, 1.54) is 7.11 Å². The molecule has 0 saturated carbocycles. The number of benzene rings is 3. The SMILES string of the molecule is CCOC(=O)c1[nH]c2ccc(O)cc2c1C.COC(=O)c1[nH]c2ccc(O)cc2c1C.Cc1c(C(=O)NC(C)C)[nH]c2ccc(O)cc12. The van der Waals surface area contributed by atoms with Gasteiger partial charge >= 0.3 is 11.9 Å². The smallest absolute Gasteiger partial charge is 0.355 e. The minimum absolute atomic E-state index is 0.0988. The highest BCUT2D eigenvalue weighted by Gasteiger charge is 2.17. The largest absolute Gasteiger partial charge is 0.508 e. The quantitative estimate of drug-likeness (QED) is 0.100. The molecule has 0 unspecified atom stereocenters. The number of aryl methyl sites for hydroxylation is 3. The standard InChI is InChI=1S/C13H16N2O2.C12H13NO3.C11H11NO3/c1-7(2)14-13(17)12-8(3)10-6-9(16)4-5-11(10)15-12;1-3-16-12(15)11-7(2)9-6-8(14)4-5-10(9)13-11;1-6-8-5-7(13)3-4-9(8)12-10(6)11(14)15-2/h4-7,15-16H,1-3H3,(H,14,17);4-6,13-14H,3H2,1-2H3;3-5,12-13H,1-2H3. The second-order valence-corrected chi connectivity index (χ2v) is 11.4. The van der Waals surface area contributed by atoms with Crippen molar-refractivity contribution in [3.63, 3.8) is 0 Å². The Balaban J connectivity index is 0.000000163. The van der Waals surface area contributed by atoms with E-state index in [1.54, 1.807) is 61.5 Å². The van der Waals surface area contributed by atoms with Crippen LogP contribution in [0.25, 0.3) is 32.7 Å². The highest BCUT2D eigenvalue weighted by molar-refractivity contribution is 6.01. The molecule has 3 aromatic carbocycles. The zero-order chi connectivity index (χ0) is 35.3. The summed E-state index contributed by atoms with van der Waals surface area (Å²) in [5.74, 6) is -0.312. The Morgan fingerprint density at radius 3 is 1.42 bits per heavy atom. The van der Waals surface area contributed by atoms with Crippen LogP contribution in [-0.4, -0.2) is 67.9 Å². The molecule has 6 aromatic rings. The summed E-state index contributed by atoms with van der Waals surface area (Å²) in [6, 6.07) is 15.0. The summed E-state index contributed by atoms with van der Waals surface area (Å²) in [6.07, 6.45) is 0. The average Bonchev–Trinajstić information content (AvgIpc) is 3.67. The first-order valence-corrected chi connectivity index (χ1v) is 15.3. The molecule has 3 heterocycles. The molecule has 252 valence electrons. The van der Waals surface area contributed by atoms with Crippen LogP contribution in [0.5, 0.6) is 17.2 Å². The molecule has 0 atom stereocenters. The number of rotatable bonds is 5. The van der Waals surface area contributed by atoms with Gasteiger partial charge in [0.1, 0.15) is 34.3 Å². The van der Waals surface area contributed by atoms with Crippen molar-refractivity contribution < 1.29 is 39.2 Å². The molecule has 0 fully saturated rings. The van der Waals surface area contributed by atoms with Crippen molar-refractivity contribution >= 4 is 50.6 Å². The molecule has 1 amide bonds. The van der Waals surface area contributed by atoms with Gasteiger partial charge in [-0.15, -0.1) is 0 Å². The molecule has 3 aromatic heterocycles. The van der Waals surface area contributed by atoms with Crippen LogP contribution in [0.3, 0.4) is 0 Å². The van der Waals surface area contributed by atoms with Gasteiger partial charge in [-0.1, -0.05) is 0 Å². The summed E-state index contributed by atoms with van der Waals surface area (Å²) in [7, 11) is 1.34. The molecule has 48 heavy (non-hydrogen) atoms. The topological polar surface area (TPSA) is 190 Å². The third-order valence-corrected chi connectivity index (χ3v) is 7.64. The van der Waals surface area contributed by atoms with Gasteiger partial charge in [-0.2, -0.15) is 0 Å². The molecule has 12 nitrogen and oxygen atoms in total. The van der Waals surface area contributed by atoms with Crippen molar-refractivity contribution in [3.05, 3.63) is 88.4 Å². The highest BCUT2D eigenvalue weighted by atomic mass is 16.5. The van der Waals surface area contributed by atoms with Crippen LogP contribution in [0.1, 0.15) is 68.9 Å². The molecule has 12 heteroatoms. The number of amides is 1. The zero-order valence-electron chi connectivity index (χ0n) is 27.9. The molecule has 0 aliphatic rings. The van der Waals surface area contributed by atoms with Crippen LogP contribution in [0.15, 0.2) is 54.6 Å². The van der Waals surface area contributed by atoms with E-state index in [0.717, 1.165) is 49.4 Å². The van der Waals surface area contributed by atoms with Crippen LogP contribution >= 0.6 is 0 Å². The van der Waals surface area contributed by atoms with E-state index >= 15 is 0 Å². The highest BCUT2D eigenvalue weighted by Crippen LogP contribution is 2.27. The van der Waals surface area contributed by atoms with E-state index in [1.807, 2.05) is 34.6 Å². The first kappa shape index (κ1) is 35.0. The van der Waals surface area contributed by atoms with Crippen LogP contribution in [0.2, 0.25) is 0 Å². The van der Waals surface area contributed by atoms with E-state index in [0.29, 0.717) is 23.7 Å². The third-order valence-electron chi connectivity index (χ3n) is 7.64. The molecule has 6 rings (SSSR count). The molecule has 0 aliphatic heterocycles. The molecular formula is C36H40N4O8. The maximum atomic E-state index is 11.9. The Labute approximate surface area is 276 Å².